The van der Waals surface area contributed by atoms with E-state index in [2.05, 4.69) is 4.72 Å². The maximum absolute atomic E-state index is 14.1. The van der Waals surface area contributed by atoms with Crippen LogP contribution < -0.4 is 4.72 Å². The number of sulfonamides is 1. The monoisotopic (exact) mass is 428 g/mol. The first-order valence-electron chi connectivity index (χ1n) is 9.85. The number of ketones is 2. The lowest BCUT2D eigenvalue weighted by atomic mass is 9.91. The van der Waals surface area contributed by atoms with Crippen LogP contribution in [0, 0.1) is 5.82 Å². The van der Waals surface area contributed by atoms with Gasteiger partial charge in [-0.2, -0.15) is 0 Å². The van der Waals surface area contributed by atoms with E-state index in [1.807, 2.05) is 0 Å². The van der Waals surface area contributed by atoms with Crippen LogP contribution in [0.2, 0.25) is 0 Å². The summed E-state index contributed by atoms with van der Waals surface area (Å²) in [6.07, 6.45) is 3.53. The molecule has 6 nitrogen and oxygen atoms in total. The van der Waals surface area contributed by atoms with Crippen LogP contribution in [0.5, 0.6) is 0 Å². The van der Waals surface area contributed by atoms with Crippen molar-refractivity contribution >= 4 is 27.3 Å². The summed E-state index contributed by atoms with van der Waals surface area (Å²) in [7, 11) is -4.52. The third-order valence-corrected chi connectivity index (χ3v) is 6.77. The third-order valence-electron chi connectivity index (χ3n) is 5.36. The fraction of sp³-hybridized carbons (Fsp3) is 0.273. The molecule has 2 aromatic carbocycles. The van der Waals surface area contributed by atoms with Crippen LogP contribution in [0.3, 0.4) is 0 Å². The van der Waals surface area contributed by atoms with Crippen LogP contribution in [0.4, 0.5) is 10.1 Å². The van der Waals surface area contributed by atoms with E-state index in [0.717, 1.165) is 31.7 Å². The Balaban J connectivity index is 1.88. The molecule has 1 N–H and O–H groups in total. The molecule has 1 saturated heterocycles. The molecule has 1 heterocycles. The van der Waals surface area contributed by atoms with Gasteiger partial charge in [0.25, 0.3) is 10.0 Å². The van der Waals surface area contributed by atoms with Gasteiger partial charge in [0.1, 0.15) is 11.5 Å². The highest BCUT2D eigenvalue weighted by Crippen LogP contribution is 2.33. The number of likely N-dealkylation sites (tertiary alicyclic amines) is 1. The first kappa shape index (κ1) is 20.3. The Bertz CT molecular complexity index is 1150. The van der Waals surface area contributed by atoms with E-state index in [1.165, 1.54) is 30.3 Å². The maximum atomic E-state index is 14.1. The predicted molar refractivity (Wildman–Crippen MR) is 111 cm³/mol. The van der Waals surface area contributed by atoms with Gasteiger partial charge >= 0.3 is 0 Å². The van der Waals surface area contributed by atoms with Crippen LogP contribution >= 0.6 is 0 Å². The number of carbonyl (C=O) groups is 2. The summed E-state index contributed by atoms with van der Waals surface area (Å²) in [5.41, 5.74) is -0.176. The summed E-state index contributed by atoms with van der Waals surface area (Å²) in [5, 5.41) is 0. The zero-order valence-electron chi connectivity index (χ0n) is 16.2. The number of carbonyl (C=O) groups excluding carboxylic acids is 2. The first-order chi connectivity index (χ1) is 14.4. The van der Waals surface area contributed by atoms with Gasteiger partial charge in [0.05, 0.1) is 5.69 Å². The van der Waals surface area contributed by atoms with Gasteiger partial charge in [-0.3, -0.25) is 14.3 Å². The number of hydrogen-bond donors (Lipinski definition) is 1. The average molecular weight is 428 g/mol. The molecule has 156 valence electrons. The number of rotatable bonds is 4. The Morgan fingerprint density at radius 1 is 0.800 bits per heavy atom. The normalized spacial score (nSPS) is 17.6. The summed E-state index contributed by atoms with van der Waals surface area (Å²) in [6, 6.07) is 11.5. The second-order valence-electron chi connectivity index (χ2n) is 7.37. The Kier molecular flexibility index (Phi) is 5.42. The van der Waals surface area contributed by atoms with Gasteiger partial charge in [-0.25, -0.2) is 12.8 Å². The molecule has 0 aromatic heterocycles. The number of allylic oxidation sites excluding steroid dienone is 2. The molecule has 1 aliphatic carbocycles. The Hall–Kier alpha value is -3.00. The van der Waals surface area contributed by atoms with E-state index in [0.29, 0.717) is 13.1 Å². The Morgan fingerprint density at radius 3 is 2.00 bits per heavy atom. The number of halogens is 1. The molecule has 4 rings (SSSR count). The van der Waals surface area contributed by atoms with Crippen LogP contribution in [0.25, 0.3) is 0 Å². The van der Waals surface area contributed by atoms with E-state index in [1.54, 1.807) is 17.0 Å². The number of fused-ring (bicyclic) bond motifs is 1. The summed E-state index contributed by atoms with van der Waals surface area (Å²) in [4.78, 5) is 27.7. The molecule has 0 bridgehead atoms. The molecular formula is C22H21FN2O4S. The maximum Gasteiger partial charge on any atom is 0.268 e. The van der Waals surface area contributed by atoms with Gasteiger partial charge in [0, 0.05) is 24.2 Å². The highest BCUT2D eigenvalue weighted by atomic mass is 32.2. The molecular weight excluding hydrogens is 407 g/mol. The van der Waals surface area contributed by atoms with E-state index >= 15 is 0 Å². The average Bonchev–Trinajstić information content (AvgIpc) is 3.01. The second kappa shape index (κ2) is 8.02. The lowest BCUT2D eigenvalue weighted by Gasteiger charge is -2.30. The largest absolute Gasteiger partial charge is 0.367 e. The number of benzene rings is 2. The highest BCUT2D eigenvalue weighted by Gasteiger charge is 2.41. The molecule has 1 aliphatic heterocycles. The lowest BCUT2D eigenvalue weighted by molar-refractivity contribution is 0.0947. The van der Waals surface area contributed by atoms with Crippen molar-refractivity contribution in [3.63, 3.8) is 0 Å². The molecule has 8 heteroatoms. The summed E-state index contributed by atoms with van der Waals surface area (Å²) < 4.78 is 42.8. The van der Waals surface area contributed by atoms with Crippen molar-refractivity contribution < 1.29 is 22.4 Å². The quantitative estimate of drug-likeness (QED) is 0.802. The predicted octanol–water partition coefficient (Wildman–Crippen LogP) is 3.73. The third kappa shape index (κ3) is 3.63. The minimum Gasteiger partial charge on any atom is -0.367 e. The second-order valence-corrected chi connectivity index (χ2v) is 8.99. The zero-order chi connectivity index (χ0) is 21.3. The molecule has 30 heavy (non-hydrogen) atoms. The van der Waals surface area contributed by atoms with Crippen molar-refractivity contribution in [3.05, 3.63) is 76.1 Å². The number of para-hydroxylation sites is 1. The van der Waals surface area contributed by atoms with E-state index in [-0.39, 0.29) is 22.5 Å². The van der Waals surface area contributed by atoms with Crippen molar-refractivity contribution in [2.45, 2.75) is 25.7 Å². The van der Waals surface area contributed by atoms with Crippen molar-refractivity contribution in [1.29, 1.82) is 0 Å². The number of nitrogens with one attached hydrogen (secondary N) is 1. The molecule has 0 unspecified atom stereocenters. The summed E-state index contributed by atoms with van der Waals surface area (Å²) in [5.74, 6) is -2.03. The summed E-state index contributed by atoms with van der Waals surface area (Å²) in [6.45, 7) is 0.963. The first-order valence-corrected chi connectivity index (χ1v) is 11.3. The van der Waals surface area contributed by atoms with Crippen molar-refractivity contribution in [1.82, 2.24) is 4.90 Å². The topological polar surface area (TPSA) is 83.6 Å². The number of Topliss-reactive ketones (excluding diaryl/α,β-unsaturated/α-hetero) is 2. The van der Waals surface area contributed by atoms with Crippen LogP contribution in [-0.2, 0) is 10.0 Å². The van der Waals surface area contributed by atoms with Crippen LogP contribution in [0.1, 0.15) is 46.4 Å². The van der Waals surface area contributed by atoms with E-state index in [9.17, 15) is 22.4 Å². The number of hydrogen-bond acceptors (Lipinski definition) is 5. The van der Waals surface area contributed by atoms with Gasteiger partial charge in [-0.1, -0.05) is 49.2 Å². The Morgan fingerprint density at radius 2 is 1.37 bits per heavy atom. The van der Waals surface area contributed by atoms with Crippen LogP contribution in [0.15, 0.2) is 59.1 Å². The number of anilines is 1. The fourth-order valence-electron chi connectivity index (χ4n) is 3.91. The van der Waals surface area contributed by atoms with E-state index < -0.39 is 32.3 Å². The minimum atomic E-state index is -4.52. The lowest BCUT2D eigenvalue weighted by Crippen LogP contribution is -2.38. The standard InChI is InChI=1S/C22H21FN2O4S/c23-17-11-5-6-12-18(17)24-30(28,29)22-19(25-13-7-1-2-8-14-25)20(26)15-9-3-4-10-16(15)21(22)27/h3-6,9-12,24H,1-2,7-8,13-14H2. The summed E-state index contributed by atoms with van der Waals surface area (Å²) >= 11 is 0. The Labute approximate surface area is 174 Å². The van der Waals surface area contributed by atoms with Gasteiger partial charge in [0.2, 0.25) is 11.6 Å². The van der Waals surface area contributed by atoms with Crippen molar-refractivity contribution in [2.24, 2.45) is 0 Å². The molecule has 0 amide bonds. The van der Waals surface area contributed by atoms with Gasteiger partial charge < -0.3 is 4.90 Å². The molecule has 0 atom stereocenters. The SMILES string of the molecule is O=C1C(N2CCCCCC2)=C(S(=O)(=O)Nc2ccccc2F)C(=O)c2ccccc21. The van der Waals surface area contributed by atoms with Gasteiger partial charge in [-0.15, -0.1) is 0 Å². The number of nitrogens with zero attached hydrogens (tertiary/aromatic N) is 1. The van der Waals surface area contributed by atoms with Gasteiger partial charge in [-0.05, 0) is 25.0 Å². The van der Waals surface area contributed by atoms with Crippen LogP contribution in [-0.4, -0.2) is 38.0 Å². The zero-order valence-corrected chi connectivity index (χ0v) is 17.0. The molecule has 1 fully saturated rings. The van der Waals surface area contributed by atoms with Gasteiger partial charge in [0.15, 0.2) is 4.91 Å². The fourth-order valence-corrected chi connectivity index (χ4v) is 5.30. The highest BCUT2D eigenvalue weighted by molar-refractivity contribution is 7.97. The molecule has 0 saturated carbocycles. The minimum absolute atomic E-state index is 0.0370. The van der Waals surface area contributed by atoms with E-state index in [4.69, 9.17) is 0 Å². The molecule has 2 aliphatic rings. The molecule has 0 radical (unpaired) electrons. The van der Waals surface area contributed by atoms with Crippen molar-refractivity contribution in [3.8, 4) is 0 Å². The molecule has 2 aromatic rings. The smallest absolute Gasteiger partial charge is 0.268 e. The molecule has 0 spiro atoms. The van der Waals surface area contributed by atoms with Crippen molar-refractivity contribution in [2.75, 3.05) is 17.8 Å².